The number of pyridine rings is 1. The van der Waals surface area contributed by atoms with Crippen molar-refractivity contribution in [3.8, 4) is 0 Å². The standard InChI is InChI=1S/C11H18N4S/c1-8-6-15(7-9(2)16-8)10-3-4-13-11(5-10)14-12/h3-5,8-9H,6-7,12H2,1-2H3,(H,13,14). The summed E-state index contributed by atoms with van der Waals surface area (Å²) in [6.07, 6.45) is 1.79. The summed E-state index contributed by atoms with van der Waals surface area (Å²) in [6.45, 7) is 6.72. The SMILES string of the molecule is CC1CN(c2ccnc(NN)c2)CC(C)S1. The predicted octanol–water partition coefficient (Wildman–Crippen LogP) is 1.70. The second-order valence-electron chi connectivity index (χ2n) is 4.21. The molecule has 1 fully saturated rings. The van der Waals surface area contributed by atoms with Gasteiger partial charge in [0.25, 0.3) is 0 Å². The highest BCUT2D eigenvalue weighted by Gasteiger charge is 2.22. The Labute approximate surface area is 101 Å². The van der Waals surface area contributed by atoms with E-state index in [9.17, 15) is 0 Å². The van der Waals surface area contributed by atoms with Crippen LogP contribution >= 0.6 is 11.8 Å². The molecule has 1 aliphatic heterocycles. The molecule has 0 aromatic carbocycles. The van der Waals surface area contributed by atoms with E-state index in [0.717, 1.165) is 18.9 Å². The lowest BCUT2D eigenvalue weighted by atomic mass is 10.2. The Hall–Kier alpha value is -0.940. The van der Waals surface area contributed by atoms with Gasteiger partial charge < -0.3 is 10.3 Å². The molecule has 2 atom stereocenters. The average Bonchev–Trinajstić information content (AvgIpc) is 2.28. The van der Waals surface area contributed by atoms with Crippen molar-refractivity contribution in [3.05, 3.63) is 18.3 Å². The van der Waals surface area contributed by atoms with Crippen molar-refractivity contribution >= 4 is 23.3 Å². The number of hydrogen-bond acceptors (Lipinski definition) is 5. The maximum atomic E-state index is 5.37. The Bertz CT molecular complexity index is 348. The monoisotopic (exact) mass is 238 g/mol. The summed E-state index contributed by atoms with van der Waals surface area (Å²) in [5, 5.41) is 1.34. The maximum Gasteiger partial charge on any atom is 0.141 e. The smallest absolute Gasteiger partial charge is 0.141 e. The zero-order valence-electron chi connectivity index (χ0n) is 9.68. The third kappa shape index (κ3) is 2.59. The van der Waals surface area contributed by atoms with Crippen LogP contribution in [0.3, 0.4) is 0 Å². The molecule has 4 nitrogen and oxygen atoms in total. The summed E-state index contributed by atoms with van der Waals surface area (Å²) in [5.41, 5.74) is 3.78. The molecule has 2 rings (SSSR count). The predicted molar refractivity (Wildman–Crippen MR) is 70.8 cm³/mol. The molecule has 0 aliphatic carbocycles. The van der Waals surface area contributed by atoms with Gasteiger partial charge in [0, 0.05) is 41.5 Å². The lowest BCUT2D eigenvalue weighted by Gasteiger charge is -2.36. The molecule has 1 aromatic heterocycles. The molecule has 0 saturated carbocycles. The molecule has 3 N–H and O–H groups in total. The molecular weight excluding hydrogens is 220 g/mol. The van der Waals surface area contributed by atoms with Crippen molar-refractivity contribution in [2.75, 3.05) is 23.4 Å². The normalized spacial score (nSPS) is 25.6. The fourth-order valence-corrected chi connectivity index (χ4v) is 3.41. The quantitative estimate of drug-likeness (QED) is 0.606. The van der Waals surface area contributed by atoms with Crippen LogP contribution in [0.2, 0.25) is 0 Å². The van der Waals surface area contributed by atoms with Crippen LogP contribution in [-0.4, -0.2) is 28.6 Å². The first-order valence-corrected chi connectivity index (χ1v) is 6.46. The molecule has 2 heterocycles. The Kier molecular flexibility index (Phi) is 3.56. The van der Waals surface area contributed by atoms with Crippen molar-refractivity contribution in [2.24, 2.45) is 5.84 Å². The number of aromatic nitrogens is 1. The Balaban J connectivity index is 2.16. The fourth-order valence-electron chi connectivity index (χ4n) is 2.08. The second kappa shape index (κ2) is 4.93. The molecule has 16 heavy (non-hydrogen) atoms. The highest BCUT2D eigenvalue weighted by molar-refractivity contribution is 8.00. The molecule has 1 saturated heterocycles. The van der Waals surface area contributed by atoms with Gasteiger partial charge in [-0.15, -0.1) is 0 Å². The number of nitrogen functional groups attached to an aromatic ring is 1. The highest BCUT2D eigenvalue weighted by atomic mass is 32.2. The van der Waals surface area contributed by atoms with Gasteiger partial charge in [-0.25, -0.2) is 10.8 Å². The first-order chi connectivity index (χ1) is 7.69. The molecule has 5 heteroatoms. The number of nitrogens with two attached hydrogens (primary N) is 1. The Morgan fingerprint density at radius 2 is 2.12 bits per heavy atom. The van der Waals surface area contributed by atoms with E-state index >= 15 is 0 Å². The van der Waals surface area contributed by atoms with Crippen molar-refractivity contribution in [1.82, 2.24) is 4.98 Å². The fraction of sp³-hybridized carbons (Fsp3) is 0.545. The van der Waals surface area contributed by atoms with Crippen LogP contribution < -0.4 is 16.2 Å². The molecule has 1 aromatic rings. The number of nitrogens with zero attached hydrogens (tertiary/aromatic N) is 2. The van der Waals surface area contributed by atoms with Crippen LogP contribution in [-0.2, 0) is 0 Å². The topological polar surface area (TPSA) is 54.2 Å². The van der Waals surface area contributed by atoms with Gasteiger partial charge in [0.05, 0.1) is 0 Å². The summed E-state index contributed by atoms with van der Waals surface area (Å²) in [5.74, 6) is 6.09. The van der Waals surface area contributed by atoms with Gasteiger partial charge >= 0.3 is 0 Å². The number of rotatable bonds is 2. The summed E-state index contributed by atoms with van der Waals surface area (Å²) in [4.78, 5) is 6.52. The molecule has 88 valence electrons. The molecule has 2 unspecified atom stereocenters. The van der Waals surface area contributed by atoms with E-state index in [4.69, 9.17) is 5.84 Å². The lowest BCUT2D eigenvalue weighted by Crippen LogP contribution is -2.40. The van der Waals surface area contributed by atoms with Crippen LogP contribution in [0.1, 0.15) is 13.8 Å². The zero-order valence-corrected chi connectivity index (χ0v) is 10.5. The van der Waals surface area contributed by atoms with Crippen molar-refractivity contribution in [1.29, 1.82) is 0 Å². The van der Waals surface area contributed by atoms with E-state index < -0.39 is 0 Å². The number of hydrazine groups is 1. The van der Waals surface area contributed by atoms with E-state index in [1.165, 1.54) is 5.69 Å². The van der Waals surface area contributed by atoms with Gasteiger partial charge in [0.15, 0.2) is 0 Å². The van der Waals surface area contributed by atoms with Crippen LogP contribution in [0.5, 0.6) is 0 Å². The first kappa shape index (κ1) is 11.5. The average molecular weight is 238 g/mol. The zero-order chi connectivity index (χ0) is 11.5. The number of nitrogens with one attached hydrogen (secondary N) is 1. The largest absolute Gasteiger partial charge is 0.369 e. The van der Waals surface area contributed by atoms with E-state index in [-0.39, 0.29) is 0 Å². The molecular formula is C11H18N4S. The minimum Gasteiger partial charge on any atom is -0.369 e. The molecule has 0 spiro atoms. The van der Waals surface area contributed by atoms with Gasteiger partial charge in [-0.2, -0.15) is 11.8 Å². The molecule has 0 radical (unpaired) electrons. The third-order valence-corrected chi connectivity index (χ3v) is 3.90. The van der Waals surface area contributed by atoms with Crippen LogP contribution in [0.4, 0.5) is 11.5 Å². The van der Waals surface area contributed by atoms with Gasteiger partial charge in [0.2, 0.25) is 0 Å². The number of thioether (sulfide) groups is 1. The summed E-state index contributed by atoms with van der Waals surface area (Å²) < 4.78 is 0. The summed E-state index contributed by atoms with van der Waals surface area (Å²) in [6, 6.07) is 4.03. The van der Waals surface area contributed by atoms with Gasteiger partial charge in [-0.3, -0.25) is 0 Å². The van der Waals surface area contributed by atoms with Gasteiger partial charge in [0.1, 0.15) is 5.82 Å². The van der Waals surface area contributed by atoms with Crippen molar-refractivity contribution in [3.63, 3.8) is 0 Å². The third-order valence-electron chi connectivity index (χ3n) is 2.68. The molecule has 0 amide bonds. The number of hydrogen-bond donors (Lipinski definition) is 2. The van der Waals surface area contributed by atoms with Crippen LogP contribution in [0.25, 0.3) is 0 Å². The second-order valence-corrected chi connectivity index (χ2v) is 6.09. The van der Waals surface area contributed by atoms with E-state index in [1.54, 1.807) is 6.20 Å². The van der Waals surface area contributed by atoms with Crippen molar-refractivity contribution < 1.29 is 0 Å². The summed E-state index contributed by atoms with van der Waals surface area (Å²) >= 11 is 2.05. The maximum absolute atomic E-state index is 5.37. The van der Waals surface area contributed by atoms with Crippen molar-refractivity contribution in [2.45, 2.75) is 24.3 Å². The van der Waals surface area contributed by atoms with E-state index in [1.807, 2.05) is 12.1 Å². The van der Waals surface area contributed by atoms with E-state index in [2.05, 4.69) is 40.9 Å². The highest BCUT2D eigenvalue weighted by Crippen LogP contribution is 2.28. The Morgan fingerprint density at radius 3 is 2.75 bits per heavy atom. The summed E-state index contributed by atoms with van der Waals surface area (Å²) in [7, 11) is 0. The lowest BCUT2D eigenvalue weighted by molar-refractivity contribution is 0.728. The minimum atomic E-state index is 0.672. The molecule has 0 bridgehead atoms. The van der Waals surface area contributed by atoms with Gasteiger partial charge in [-0.1, -0.05) is 13.8 Å². The van der Waals surface area contributed by atoms with Crippen LogP contribution in [0, 0.1) is 0 Å². The number of anilines is 2. The molecule has 1 aliphatic rings. The van der Waals surface area contributed by atoms with Crippen LogP contribution in [0.15, 0.2) is 18.3 Å². The first-order valence-electron chi connectivity index (χ1n) is 5.52. The van der Waals surface area contributed by atoms with E-state index in [0.29, 0.717) is 10.5 Å². The Morgan fingerprint density at radius 1 is 1.44 bits per heavy atom. The minimum absolute atomic E-state index is 0.672. The van der Waals surface area contributed by atoms with Gasteiger partial charge in [-0.05, 0) is 6.07 Å².